The minimum atomic E-state index is 0.295. The first kappa shape index (κ1) is 27.5. The van der Waals surface area contributed by atoms with Crippen LogP contribution in [0.4, 0.5) is 11.4 Å². The number of benzene rings is 5. The van der Waals surface area contributed by atoms with Gasteiger partial charge in [-0.25, -0.2) is 4.98 Å². The number of hydrogen-bond donors (Lipinski definition) is 0. The highest BCUT2D eigenvalue weighted by molar-refractivity contribution is 6.17. The van der Waals surface area contributed by atoms with E-state index in [0.717, 1.165) is 39.5 Å². The number of aromatic nitrogens is 1. The van der Waals surface area contributed by atoms with E-state index in [0.29, 0.717) is 17.7 Å². The Kier molecular flexibility index (Phi) is 5.79. The molecule has 11 rings (SSSR count). The molecule has 234 valence electrons. The van der Waals surface area contributed by atoms with Crippen molar-refractivity contribution in [1.29, 1.82) is 0 Å². The average molecular weight is 639 g/mol. The van der Waals surface area contributed by atoms with Gasteiger partial charge < -0.3 is 9.32 Å². The molecule has 0 aliphatic heterocycles. The molecule has 0 saturated carbocycles. The number of nitrogens with zero attached hydrogens (tertiary/aromatic N) is 2. The van der Waals surface area contributed by atoms with Gasteiger partial charge in [0.05, 0.1) is 5.70 Å². The lowest BCUT2D eigenvalue weighted by atomic mass is 9.64. The van der Waals surface area contributed by atoms with Gasteiger partial charge in [0.2, 0.25) is 5.89 Å². The van der Waals surface area contributed by atoms with Gasteiger partial charge in [-0.2, -0.15) is 0 Å². The first-order valence-electron chi connectivity index (χ1n) is 17.3. The molecule has 5 aromatic carbocycles. The van der Waals surface area contributed by atoms with E-state index >= 15 is 0 Å². The van der Waals surface area contributed by atoms with Gasteiger partial charge in [0, 0.05) is 45.3 Å². The van der Waals surface area contributed by atoms with Crippen molar-refractivity contribution in [2.75, 3.05) is 4.90 Å². The fourth-order valence-electron chi connectivity index (χ4n) is 8.66. The number of allylic oxidation sites excluding steroid dienone is 13. The Bertz CT molecular complexity index is 2610. The minimum absolute atomic E-state index is 0.295. The summed E-state index contributed by atoms with van der Waals surface area (Å²) in [5, 5.41) is 2.40. The monoisotopic (exact) mass is 638 g/mol. The van der Waals surface area contributed by atoms with Gasteiger partial charge in [0.25, 0.3) is 0 Å². The van der Waals surface area contributed by atoms with Crippen LogP contribution in [-0.4, -0.2) is 4.98 Å². The van der Waals surface area contributed by atoms with Crippen molar-refractivity contribution in [3.8, 4) is 45.2 Å². The maximum Gasteiger partial charge on any atom is 0.227 e. The predicted molar refractivity (Wildman–Crippen MR) is 204 cm³/mol. The summed E-state index contributed by atoms with van der Waals surface area (Å²) in [6.07, 6.45) is 20.6. The number of anilines is 2. The molecule has 1 heterocycles. The van der Waals surface area contributed by atoms with Crippen LogP contribution in [0.2, 0.25) is 0 Å². The number of oxazole rings is 1. The van der Waals surface area contributed by atoms with E-state index in [1.807, 2.05) is 30.3 Å². The van der Waals surface area contributed by atoms with Gasteiger partial charge >= 0.3 is 0 Å². The van der Waals surface area contributed by atoms with Crippen molar-refractivity contribution in [2.24, 2.45) is 11.8 Å². The van der Waals surface area contributed by atoms with Crippen molar-refractivity contribution in [1.82, 2.24) is 4.98 Å². The molecule has 2 unspecified atom stereocenters. The van der Waals surface area contributed by atoms with Gasteiger partial charge in [-0.3, -0.25) is 0 Å². The van der Waals surface area contributed by atoms with Crippen molar-refractivity contribution >= 4 is 22.1 Å². The molecule has 1 aromatic heterocycles. The normalized spacial score (nSPS) is 18.8. The molecule has 0 bridgehead atoms. The largest absolute Gasteiger partial charge is 0.435 e. The fourth-order valence-corrected chi connectivity index (χ4v) is 8.66. The van der Waals surface area contributed by atoms with Crippen LogP contribution in [0.3, 0.4) is 0 Å². The molecule has 5 aliphatic rings. The molecule has 0 amide bonds. The lowest BCUT2D eigenvalue weighted by Crippen LogP contribution is -2.32. The maximum atomic E-state index is 6.45. The number of rotatable bonds is 5. The van der Waals surface area contributed by atoms with Crippen LogP contribution in [0.15, 0.2) is 202 Å². The molecule has 6 aromatic rings. The maximum absolute atomic E-state index is 6.45. The van der Waals surface area contributed by atoms with Crippen molar-refractivity contribution < 1.29 is 4.42 Å². The van der Waals surface area contributed by atoms with Crippen LogP contribution >= 0.6 is 0 Å². The molecule has 0 fully saturated rings. The summed E-state index contributed by atoms with van der Waals surface area (Å²) in [6.45, 7) is 0. The molecule has 0 N–H and O–H groups in total. The third-order valence-corrected chi connectivity index (χ3v) is 10.8. The Morgan fingerprint density at radius 3 is 2.14 bits per heavy atom. The fraction of sp³-hybridized carbons (Fsp3) is 0.0426. The molecule has 3 heteroatoms. The first-order chi connectivity index (χ1) is 24.8. The summed E-state index contributed by atoms with van der Waals surface area (Å²) in [6, 6.07) is 40.9. The summed E-state index contributed by atoms with van der Waals surface area (Å²) in [4.78, 5) is 7.44. The standard InChI is InChI=1S/C47H30N2O/c1-3-11-31(12-4-1)47-48-45-39-26-25-36(37-20-10-22-40(44(37)39)46(45)50-47)32-15-8-19-35(27-32)49(34-17-5-2-6-18-34)41-28-33-16-7-13-29-23-24-30-14-9-21-38(41)43(30)42(29)33/h1-28,42-43H. The van der Waals surface area contributed by atoms with Crippen LogP contribution in [0, 0.1) is 11.8 Å². The van der Waals surface area contributed by atoms with Crippen molar-refractivity contribution in [3.63, 3.8) is 0 Å². The van der Waals surface area contributed by atoms with Gasteiger partial charge in [0.15, 0.2) is 5.76 Å². The van der Waals surface area contributed by atoms with Crippen LogP contribution in [0.5, 0.6) is 0 Å². The zero-order valence-corrected chi connectivity index (χ0v) is 27.1. The number of fused-ring (bicyclic) bond motifs is 3. The van der Waals surface area contributed by atoms with E-state index in [-0.39, 0.29) is 0 Å². The van der Waals surface area contributed by atoms with E-state index in [1.165, 1.54) is 49.9 Å². The lowest BCUT2D eigenvalue weighted by molar-refractivity contribution is 0.557. The molecule has 50 heavy (non-hydrogen) atoms. The Balaban J connectivity index is 1.06. The molecule has 0 spiro atoms. The van der Waals surface area contributed by atoms with Gasteiger partial charge in [-0.05, 0) is 81.3 Å². The molecular weight excluding hydrogens is 609 g/mol. The van der Waals surface area contributed by atoms with Gasteiger partial charge in [-0.15, -0.1) is 0 Å². The SMILES string of the molecule is C1=CC2=CC(N(c3ccccc3)c3cccc(-c4ccc5c6c(cccc46)-c4oc(-c6ccccc6)nc4-5)c3)=C3C=CC=C4C=CC(=C1)C2C43. The smallest absolute Gasteiger partial charge is 0.227 e. The highest BCUT2D eigenvalue weighted by Gasteiger charge is 2.40. The summed E-state index contributed by atoms with van der Waals surface area (Å²) in [5.41, 5.74) is 15.5. The molecule has 3 nitrogen and oxygen atoms in total. The highest BCUT2D eigenvalue weighted by Crippen LogP contribution is 2.53. The summed E-state index contributed by atoms with van der Waals surface area (Å²) < 4.78 is 6.45. The number of hydrogen-bond acceptors (Lipinski definition) is 3. The predicted octanol–water partition coefficient (Wildman–Crippen LogP) is 11.9. The van der Waals surface area contributed by atoms with E-state index in [9.17, 15) is 0 Å². The van der Waals surface area contributed by atoms with E-state index in [2.05, 4.69) is 145 Å². The third kappa shape index (κ3) is 3.95. The third-order valence-electron chi connectivity index (χ3n) is 10.8. The summed E-state index contributed by atoms with van der Waals surface area (Å²) in [5.74, 6) is 2.16. The lowest BCUT2D eigenvalue weighted by Gasteiger charge is -2.43. The summed E-state index contributed by atoms with van der Waals surface area (Å²) in [7, 11) is 0. The van der Waals surface area contributed by atoms with E-state index < -0.39 is 0 Å². The molecular formula is C47H30N2O. The van der Waals surface area contributed by atoms with Crippen molar-refractivity contribution in [3.05, 3.63) is 198 Å². The van der Waals surface area contributed by atoms with E-state index in [4.69, 9.17) is 9.40 Å². The zero-order valence-electron chi connectivity index (χ0n) is 27.1. The second kappa shape index (κ2) is 10.5. The van der Waals surface area contributed by atoms with Crippen molar-refractivity contribution in [2.45, 2.75) is 0 Å². The average Bonchev–Trinajstić information content (AvgIpc) is 3.75. The van der Waals surface area contributed by atoms with Crippen LogP contribution in [0.25, 0.3) is 55.9 Å². The topological polar surface area (TPSA) is 29.3 Å². The van der Waals surface area contributed by atoms with E-state index in [1.54, 1.807) is 0 Å². The Morgan fingerprint density at radius 2 is 1.28 bits per heavy atom. The first-order valence-corrected chi connectivity index (χ1v) is 17.3. The molecule has 0 radical (unpaired) electrons. The van der Waals surface area contributed by atoms with Crippen LogP contribution in [-0.2, 0) is 0 Å². The second-order valence-electron chi connectivity index (χ2n) is 13.5. The zero-order chi connectivity index (χ0) is 32.8. The Morgan fingerprint density at radius 1 is 0.560 bits per heavy atom. The highest BCUT2D eigenvalue weighted by atomic mass is 16.4. The van der Waals surface area contributed by atoms with Gasteiger partial charge in [-0.1, -0.05) is 127 Å². The minimum Gasteiger partial charge on any atom is -0.435 e. The quantitative estimate of drug-likeness (QED) is 0.188. The van der Waals surface area contributed by atoms with Gasteiger partial charge in [0.1, 0.15) is 5.69 Å². The second-order valence-corrected chi connectivity index (χ2v) is 13.5. The number of para-hydroxylation sites is 1. The summed E-state index contributed by atoms with van der Waals surface area (Å²) >= 11 is 0. The molecule has 2 atom stereocenters. The van der Waals surface area contributed by atoms with Crippen LogP contribution < -0.4 is 4.90 Å². The van der Waals surface area contributed by atoms with Crippen LogP contribution in [0.1, 0.15) is 0 Å². The Labute approximate surface area is 290 Å². The molecule has 5 aliphatic carbocycles. The Hall–Kier alpha value is -6.45. The molecule has 0 saturated heterocycles.